The third kappa shape index (κ3) is 7.82. The topological polar surface area (TPSA) is 54.0 Å². The Kier molecular flexibility index (Phi) is 10.8. The molecule has 170 valence electrons. The number of ether oxygens (including phenoxy) is 4. The van der Waals surface area contributed by atoms with E-state index in [1.807, 2.05) is 42.5 Å². The van der Waals surface area contributed by atoms with E-state index in [-0.39, 0.29) is 18.3 Å². The van der Waals surface area contributed by atoms with Gasteiger partial charge in [-0.1, -0.05) is 51.2 Å². The minimum Gasteiger partial charge on any atom is -0.497 e. The minimum atomic E-state index is -0.215. The number of carbonyl (C=O) groups is 1. The van der Waals surface area contributed by atoms with Crippen LogP contribution >= 0.6 is 0 Å². The fourth-order valence-electron chi connectivity index (χ4n) is 3.65. The van der Waals surface area contributed by atoms with Gasteiger partial charge >= 0.3 is 5.97 Å². The van der Waals surface area contributed by atoms with Gasteiger partial charge in [-0.15, -0.1) is 0 Å². The molecule has 0 fully saturated rings. The zero-order chi connectivity index (χ0) is 22.5. The van der Waals surface area contributed by atoms with Gasteiger partial charge in [0.2, 0.25) is 0 Å². The Labute approximate surface area is 186 Å². The fourth-order valence-corrected chi connectivity index (χ4v) is 3.65. The predicted molar refractivity (Wildman–Crippen MR) is 123 cm³/mol. The van der Waals surface area contributed by atoms with Gasteiger partial charge in [-0.2, -0.15) is 0 Å². The van der Waals surface area contributed by atoms with Crippen LogP contribution in [0.25, 0.3) is 0 Å². The normalized spacial score (nSPS) is 11.6. The highest BCUT2D eigenvalue weighted by atomic mass is 16.5. The maximum atomic E-state index is 12.7. The molecule has 0 bridgehead atoms. The van der Waals surface area contributed by atoms with E-state index in [9.17, 15) is 4.79 Å². The lowest BCUT2D eigenvalue weighted by atomic mass is 9.87. The number of rotatable bonds is 14. The number of esters is 1. The van der Waals surface area contributed by atoms with Crippen molar-refractivity contribution in [3.63, 3.8) is 0 Å². The molecule has 0 aliphatic carbocycles. The van der Waals surface area contributed by atoms with E-state index in [2.05, 4.69) is 6.92 Å². The van der Waals surface area contributed by atoms with Crippen molar-refractivity contribution in [3.05, 3.63) is 53.6 Å². The summed E-state index contributed by atoms with van der Waals surface area (Å²) >= 11 is 0. The van der Waals surface area contributed by atoms with Crippen LogP contribution < -0.4 is 14.2 Å². The highest BCUT2D eigenvalue weighted by Gasteiger charge is 2.23. The molecule has 5 heteroatoms. The molecule has 0 amide bonds. The van der Waals surface area contributed by atoms with E-state index in [0.29, 0.717) is 12.4 Å². The van der Waals surface area contributed by atoms with E-state index in [1.165, 1.54) is 25.7 Å². The van der Waals surface area contributed by atoms with Gasteiger partial charge in [0.1, 0.15) is 17.2 Å². The number of methoxy groups -OCH3 is 3. The van der Waals surface area contributed by atoms with E-state index >= 15 is 0 Å². The van der Waals surface area contributed by atoms with Crippen LogP contribution in [0.3, 0.4) is 0 Å². The first kappa shape index (κ1) is 24.6. The first-order valence-electron chi connectivity index (χ1n) is 11.1. The molecule has 2 rings (SSSR count). The molecule has 1 unspecified atom stereocenters. The Morgan fingerprint density at radius 1 is 0.806 bits per heavy atom. The van der Waals surface area contributed by atoms with Crippen LogP contribution in [0.2, 0.25) is 0 Å². The highest BCUT2D eigenvalue weighted by Crippen LogP contribution is 2.37. The van der Waals surface area contributed by atoms with Gasteiger partial charge in [0.25, 0.3) is 0 Å². The Morgan fingerprint density at radius 2 is 1.45 bits per heavy atom. The first-order valence-corrected chi connectivity index (χ1v) is 11.1. The van der Waals surface area contributed by atoms with Crippen molar-refractivity contribution >= 4 is 5.97 Å². The maximum Gasteiger partial charge on any atom is 0.306 e. The summed E-state index contributed by atoms with van der Waals surface area (Å²) in [5.74, 6) is 1.78. The van der Waals surface area contributed by atoms with Gasteiger partial charge in [0.15, 0.2) is 0 Å². The van der Waals surface area contributed by atoms with E-state index in [4.69, 9.17) is 18.9 Å². The number of hydrogen-bond acceptors (Lipinski definition) is 5. The van der Waals surface area contributed by atoms with E-state index < -0.39 is 0 Å². The molecule has 0 aliphatic heterocycles. The van der Waals surface area contributed by atoms with Crippen LogP contribution in [0, 0.1) is 0 Å². The van der Waals surface area contributed by atoms with Crippen molar-refractivity contribution in [1.82, 2.24) is 0 Å². The van der Waals surface area contributed by atoms with Crippen molar-refractivity contribution in [3.8, 4) is 17.2 Å². The second-order valence-corrected chi connectivity index (χ2v) is 7.63. The summed E-state index contributed by atoms with van der Waals surface area (Å²) in [5.41, 5.74) is 1.88. The Balaban J connectivity index is 2.13. The van der Waals surface area contributed by atoms with E-state index in [0.717, 1.165) is 35.5 Å². The number of carbonyl (C=O) groups excluding carboxylic acids is 1. The van der Waals surface area contributed by atoms with Gasteiger partial charge in [0, 0.05) is 11.5 Å². The van der Waals surface area contributed by atoms with Gasteiger partial charge in [-0.3, -0.25) is 4.79 Å². The summed E-state index contributed by atoms with van der Waals surface area (Å²) in [4.78, 5) is 12.7. The first-order chi connectivity index (χ1) is 15.1. The molecule has 0 radical (unpaired) electrons. The second-order valence-electron chi connectivity index (χ2n) is 7.63. The fraction of sp³-hybridized carbons (Fsp3) is 0.500. The molecule has 2 aromatic rings. The third-order valence-electron chi connectivity index (χ3n) is 5.46. The minimum absolute atomic E-state index is 0.209. The van der Waals surface area contributed by atoms with Gasteiger partial charge in [0.05, 0.1) is 34.4 Å². The predicted octanol–water partition coefficient (Wildman–Crippen LogP) is 6.14. The molecule has 1 atom stereocenters. The molecule has 0 heterocycles. The van der Waals surface area contributed by atoms with Gasteiger partial charge < -0.3 is 18.9 Å². The zero-order valence-corrected chi connectivity index (χ0v) is 19.3. The molecule has 0 aliphatic rings. The SMILES string of the molecule is CCCCCCCCOC(=O)CC(c1ccc(OC)cc1)c1cc(OC)ccc1OC. The molecule has 0 saturated carbocycles. The molecule has 5 nitrogen and oxygen atoms in total. The van der Waals surface area contributed by atoms with Crippen molar-refractivity contribution < 1.29 is 23.7 Å². The Hall–Kier alpha value is -2.69. The summed E-state index contributed by atoms with van der Waals surface area (Å²) < 4.78 is 21.8. The van der Waals surface area contributed by atoms with Crippen molar-refractivity contribution in [2.45, 2.75) is 57.8 Å². The molecular formula is C26H36O5. The number of unbranched alkanes of at least 4 members (excludes halogenated alkanes) is 5. The second kappa shape index (κ2) is 13.6. The Bertz CT molecular complexity index is 785. The lowest BCUT2D eigenvalue weighted by molar-refractivity contribution is -0.144. The summed E-state index contributed by atoms with van der Waals surface area (Å²) in [7, 11) is 4.90. The van der Waals surface area contributed by atoms with Gasteiger partial charge in [-0.05, 0) is 42.3 Å². The highest BCUT2D eigenvalue weighted by molar-refractivity contribution is 5.72. The lowest BCUT2D eigenvalue weighted by Gasteiger charge is -2.21. The molecular weight excluding hydrogens is 392 g/mol. The van der Waals surface area contributed by atoms with Crippen LogP contribution in [0.5, 0.6) is 17.2 Å². The Morgan fingerprint density at radius 3 is 2.10 bits per heavy atom. The molecule has 2 aromatic carbocycles. The average molecular weight is 429 g/mol. The molecule has 0 spiro atoms. The van der Waals surface area contributed by atoms with Crippen molar-refractivity contribution in [2.24, 2.45) is 0 Å². The number of benzene rings is 2. The largest absolute Gasteiger partial charge is 0.497 e. The standard InChI is InChI=1S/C26H36O5/c1-5-6-7-8-9-10-17-31-26(27)19-23(20-11-13-21(28-2)14-12-20)24-18-22(29-3)15-16-25(24)30-4/h11-16,18,23H,5-10,17,19H2,1-4H3. The zero-order valence-electron chi connectivity index (χ0n) is 19.3. The van der Waals surface area contributed by atoms with Crippen LogP contribution in [0.4, 0.5) is 0 Å². The summed E-state index contributed by atoms with van der Waals surface area (Å²) in [5, 5.41) is 0. The van der Waals surface area contributed by atoms with Crippen LogP contribution in [0.1, 0.15) is 68.9 Å². The van der Waals surface area contributed by atoms with E-state index in [1.54, 1.807) is 21.3 Å². The molecule has 0 saturated heterocycles. The van der Waals surface area contributed by atoms with Crippen LogP contribution in [-0.4, -0.2) is 33.9 Å². The molecule has 0 N–H and O–H groups in total. The number of hydrogen-bond donors (Lipinski definition) is 0. The van der Waals surface area contributed by atoms with Gasteiger partial charge in [-0.25, -0.2) is 0 Å². The van der Waals surface area contributed by atoms with Crippen molar-refractivity contribution in [1.29, 1.82) is 0 Å². The monoisotopic (exact) mass is 428 g/mol. The smallest absolute Gasteiger partial charge is 0.306 e. The summed E-state index contributed by atoms with van der Waals surface area (Å²) in [6.07, 6.45) is 7.18. The van der Waals surface area contributed by atoms with Crippen molar-refractivity contribution in [2.75, 3.05) is 27.9 Å². The maximum absolute atomic E-state index is 12.7. The van der Waals surface area contributed by atoms with Crippen LogP contribution in [-0.2, 0) is 9.53 Å². The summed E-state index contributed by atoms with van der Waals surface area (Å²) in [6, 6.07) is 13.4. The summed E-state index contributed by atoms with van der Waals surface area (Å²) in [6.45, 7) is 2.67. The molecule has 0 aromatic heterocycles. The van der Waals surface area contributed by atoms with Crippen LogP contribution in [0.15, 0.2) is 42.5 Å². The lowest BCUT2D eigenvalue weighted by Crippen LogP contribution is -2.13. The quantitative estimate of drug-likeness (QED) is 0.267. The molecule has 31 heavy (non-hydrogen) atoms. The average Bonchev–Trinajstić information content (AvgIpc) is 2.81. The third-order valence-corrected chi connectivity index (χ3v) is 5.46.